The molecule has 5 heteroatoms. The first-order valence-corrected chi connectivity index (χ1v) is 6.92. The number of hydrogen-bond donors (Lipinski definition) is 3. The van der Waals surface area contributed by atoms with Gasteiger partial charge in [0.2, 0.25) is 0 Å². The second-order valence-electron chi connectivity index (χ2n) is 5.29. The quantitative estimate of drug-likeness (QED) is 0.811. The molecule has 0 heterocycles. The van der Waals surface area contributed by atoms with Crippen molar-refractivity contribution in [3.63, 3.8) is 0 Å². The average Bonchev–Trinajstić information content (AvgIpc) is 2.42. The number of amides is 3. The summed E-state index contributed by atoms with van der Waals surface area (Å²) in [5.74, 6) is -0.194. The standard InChI is InChI=1S/C17H19N3O2/c1-10-8-11(2)15(12(3)9-10)20-16(21)13-4-6-14(7-5-13)19-17(18)22/h4-9H,1-3H3,(H,20,21)(H3,18,19,22). The van der Waals surface area contributed by atoms with Crippen molar-refractivity contribution in [2.75, 3.05) is 10.6 Å². The van der Waals surface area contributed by atoms with Crippen molar-refractivity contribution in [2.24, 2.45) is 5.73 Å². The first kappa shape index (κ1) is 15.6. The molecular formula is C17H19N3O2. The van der Waals surface area contributed by atoms with Gasteiger partial charge in [0.15, 0.2) is 0 Å². The maximum Gasteiger partial charge on any atom is 0.316 e. The Balaban J connectivity index is 2.17. The van der Waals surface area contributed by atoms with Gasteiger partial charge < -0.3 is 16.4 Å². The van der Waals surface area contributed by atoms with E-state index in [9.17, 15) is 9.59 Å². The monoisotopic (exact) mass is 297 g/mol. The number of primary amides is 1. The fraction of sp³-hybridized carbons (Fsp3) is 0.176. The zero-order valence-corrected chi connectivity index (χ0v) is 12.9. The number of rotatable bonds is 3. The third-order valence-corrected chi connectivity index (χ3v) is 3.33. The van der Waals surface area contributed by atoms with E-state index in [2.05, 4.69) is 10.6 Å². The van der Waals surface area contributed by atoms with Crippen LogP contribution in [0.3, 0.4) is 0 Å². The first-order valence-electron chi connectivity index (χ1n) is 6.92. The average molecular weight is 297 g/mol. The third kappa shape index (κ3) is 3.63. The molecule has 2 rings (SSSR count). The Bertz CT molecular complexity index is 698. The van der Waals surface area contributed by atoms with Gasteiger partial charge in [-0.15, -0.1) is 0 Å². The molecule has 0 aliphatic rings. The second kappa shape index (κ2) is 6.30. The van der Waals surface area contributed by atoms with Crippen LogP contribution in [0.15, 0.2) is 36.4 Å². The molecule has 0 unspecified atom stereocenters. The van der Waals surface area contributed by atoms with Gasteiger partial charge in [-0.05, 0) is 56.2 Å². The van der Waals surface area contributed by atoms with Crippen LogP contribution in [-0.4, -0.2) is 11.9 Å². The number of aryl methyl sites for hydroxylation is 3. The highest BCUT2D eigenvalue weighted by Crippen LogP contribution is 2.22. The minimum Gasteiger partial charge on any atom is -0.351 e. The highest BCUT2D eigenvalue weighted by atomic mass is 16.2. The van der Waals surface area contributed by atoms with Crippen molar-refractivity contribution < 1.29 is 9.59 Å². The van der Waals surface area contributed by atoms with E-state index in [-0.39, 0.29) is 5.91 Å². The predicted octanol–water partition coefficient (Wildman–Crippen LogP) is 3.35. The van der Waals surface area contributed by atoms with Crippen LogP contribution in [0.2, 0.25) is 0 Å². The number of nitrogens with one attached hydrogen (secondary N) is 2. The van der Waals surface area contributed by atoms with E-state index in [1.807, 2.05) is 32.9 Å². The maximum atomic E-state index is 12.3. The Labute approximate surface area is 129 Å². The first-order chi connectivity index (χ1) is 10.4. The molecule has 2 aromatic rings. The van der Waals surface area contributed by atoms with Gasteiger partial charge in [-0.3, -0.25) is 4.79 Å². The Morgan fingerprint density at radius 1 is 0.909 bits per heavy atom. The van der Waals surface area contributed by atoms with E-state index in [4.69, 9.17) is 5.73 Å². The summed E-state index contributed by atoms with van der Waals surface area (Å²) >= 11 is 0. The number of anilines is 2. The Morgan fingerprint density at radius 2 is 1.45 bits per heavy atom. The van der Waals surface area contributed by atoms with Crippen molar-refractivity contribution in [1.82, 2.24) is 0 Å². The molecule has 0 saturated carbocycles. The van der Waals surface area contributed by atoms with Crippen LogP contribution in [0.4, 0.5) is 16.2 Å². The number of urea groups is 1. The molecule has 0 spiro atoms. The zero-order valence-electron chi connectivity index (χ0n) is 12.9. The lowest BCUT2D eigenvalue weighted by atomic mass is 10.0. The van der Waals surface area contributed by atoms with Gasteiger partial charge in [0.05, 0.1) is 0 Å². The Hall–Kier alpha value is -2.82. The molecule has 0 aliphatic heterocycles. The fourth-order valence-corrected chi connectivity index (χ4v) is 2.41. The minimum absolute atomic E-state index is 0.194. The van der Waals surface area contributed by atoms with Crippen LogP contribution >= 0.6 is 0 Å². The summed E-state index contributed by atoms with van der Waals surface area (Å²) in [5.41, 5.74) is 10.1. The van der Waals surface area contributed by atoms with Gasteiger partial charge in [-0.2, -0.15) is 0 Å². The summed E-state index contributed by atoms with van der Waals surface area (Å²) in [7, 11) is 0. The number of carbonyl (C=O) groups excluding carboxylic acids is 2. The summed E-state index contributed by atoms with van der Waals surface area (Å²) in [6, 6.07) is 9.97. The SMILES string of the molecule is Cc1cc(C)c(NC(=O)c2ccc(NC(N)=O)cc2)c(C)c1. The highest BCUT2D eigenvalue weighted by Gasteiger charge is 2.10. The largest absolute Gasteiger partial charge is 0.351 e. The van der Waals surface area contributed by atoms with Crippen LogP contribution in [0.25, 0.3) is 0 Å². The Kier molecular flexibility index (Phi) is 4.46. The lowest BCUT2D eigenvalue weighted by Gasteiger charge is -2.13. The van der Waals surface area contributed by atoms with Gasteiger partial charge in [0.1, 0.15) is 0 Å². The van der Waals surface area contributed by atoms with Crippen LogP contribution in [0.5, 0.6) is 0 Å². The van der Waals surface area contributed by atoms with Crippen molar-refractivity contribution in [2.45, 2.75) is 20.8 Å². The molecule has 0 saturated heterocycles. The Morgan fingerprint density at radius 3 is 1.95 bits per heavy atom. The summed E-state index contributed by atoms with van der Waals surface area (Å²) in [5, 5.41) is 5.38. The highest BCUT2D eigenvalue weighted by molar-refractivity contribution is 6.05. The molecule has 0 aromatic heterocycles. The van der Waals surface area contributed by atoms with Crippen LogP contribution < -0.4 is 16.4 Å². The molecule has 2 aromatic carbocycles. The molecule has 0 radical (unpaired) electrons. The minimum atomic E-state index is -0.636. The fourth-order valence-electron chi connectivity index (χ4n) is 2.41. The van der Waals surface area contributed by atoms with E-state index in [1.165, 1.54) is 0 Å². The molecule has 4 N–H and O–H groups in total. The summed E-state index contributed by atoms with van der Waals surface area (Å²) in [6.07, 6.45) is 0. The second-order valence-corrected chi connectivity index (χ2v) is 5.29. The molecule has 0 aliphatic carbocycles. The smallest absolute Gasteiger partial charge is 0.316 e. The van der Waals surface area contributed by atoms with Gasteiger partial charge in [-0.1, -0.05) is 17.7 Å². The van der Waals surface area contributed by atoms with Gasteiger partial charge in [0, 0.05) is 16.9 Å². The molecular weight excluding hydrogens is 278 g/mol. The summed E-state index contributed by atoms with van der Waals surface area (Å²) in [4.78, 5) is 23.1. The van der Waals surface area contributed by atoms with Gasteiger partial charge in [0.25, 0.3) is 5.91 Å². The van der Waals surface area contributed by atoms with Crippen molar-refractivity contribution >= 4 is 23.3 Å². The maximum absolute atomic E-state index is 12.3. The molecule has 0 atom stereocenters. The lowest BCUT2D eigenvalue weighted by Crippen LogP contribution is -2.19. The summed E-state index contributed by atoms with van der Waals surface area (Å²) in [6.45, 7) is 5.96. The van der Waals surface area contributed by atoms with E-state index in [1.54, 1.807) is 24.3 Å². The molecule has 5 nitrogen and oxygen atoms in total. The van der Waals surface area contributed by atoms with Gasteiger partial charge >= 0.3 is 6.03 Å². The number of nitrogens with two attached hydrogens (primary N) is 1. The van der Waals surface area contributed by atoms with Crippen LogP contribution in [0.1, 0.15) is 27.0 Å². The van der Waals surface area contributed by atoms with Crippen LogP contribution in [-0.2, 0) is 0 Å². The van der Waals surface area contributed by atoms with E-state index >= 15 is 0 Å². The third-order valence-electron chi connectivity index (χ3n) is 3.33. The number of hydrogen-bond acceptors (Lipinski definition) is 2. The van der Waals surface area contributed by atoms with Crippen LogP contribution in [0, 0.1) is 20.8 Å². The molecule has 0 fully saturated rings. The lowest BCUT2D eigenvalue weighted by molar-refractivity contribution is 0.102. The predicted molar refractivity (Wildman–Crippen MR) is 88.3 cm³/mol. The van der Waals surface area contributed by atoms with E-state index in [0.717, 1.165) is 22.4 Å². The molecule has 3 amide bonds. The zero-order chi connectivity index (χ0) is 16.3. The number of benzene rings is 2. The topological polar surface area (TPSA) is 84.2 Å². The number of carbonyl (C=O) groups is 2. The summed E-state index contributed by atoms with van der Waals surface area (Å²) < 4.78 is 0. The van der Waals surface area contributed by atoms with Crippen molar-refractivity contribution in [3.8, 4) is 0 Å². The van der Waals surface area contributed by atoms with Crippen molar-refractivity contribution in [1.29, 1.82) is 0 Å². The molecule has 114 valence electrons. The van der Waals surface area contributed by atoms with E-state index in [0.29, 0.717) is 11.3 Å². The molecule has 22 heavy (non-hydrogen) atoms. The molecule has 0 bridgehead atoms. The van der Waals surface area contributed by atoms with E-state index < -0.39 is 6.03 Å². The van der Waals surface area contributed by atoms with Crippen molar-refractivity contribution in [3.05, 3.63) is 58.7 Å². The van der Waals surface area contributed by atoms with Gasteiger partial charge in [-0.25, -0.2) is 4.79 Å². The normalized spacial score (nSPS) is 10.1.